The third kappa shape index (κ3) is 16.0. The quantitative estimate of drug-likeness (QED) is 0.134. The van der Waals surface area contributed by atoms with Crippen molar-refractivity contribution in [1.29, 1.82) is 0 Å². The molecule has 3 rings (SSSR count). The van der Waals surface area contributed by atoms with E-state index >= 15 is 0 Å². The molecule has 0 radical (unpaired) electrons. The molecule has 0 bridgehead atoms. The molecule has 1 saturated heterocycles. The standard InChI is InChI=1S/C34H45Cl2N5O9.Ga/c35-27-7-3-8-28(36)26(27)19-24-5-1-2-6-25(24)20-30(42)37-10-4-9-29(34(49)50)41-17-15-39(22-32(45)46)13-11-38(21-31(43)44)12-14-40(16-18-41)23-33(47)48;/h1-3,5-8,29H,4,9-23H2,(H,37,42)(H,43,44)(H,45,46)(H,47,48)(H,49,50);/q;+3/p-3. The molecule has 1 aliphatic rings. The zero-order valence-electron chi connectivity index (χ0n) is 28.3. The van der Waals surface area contributed by atoms with E-state index in [4.69, 9.17) is 23.2 Å². The van der Waals surface area contributed by atoms with E-state index in [-0.39, 0.29) is 97.4 Å². The predicted octanol–water partition coefficient (Wildman–Crippen LogP) is -2.43. The van der Waals surface area contributed by atoms with Crippen LogP contribution in [0.1, 0.15) is 29.5 Å². The maximum atomic E-state index is 12.9. The van der Waals surface area contributed by atoms with E-state index < -0.39 is 49.6 Å². The van der Waals surface area contributed by atoms with E-state index in [1.165, 1.54) is 4.90 Å². The Kier molecular flexibility index (Phi) is 19.6. The number of hydrogen-bond acceptors (Lipinski definition) is 12. The number of nitrogens with zero attached hydrogens (tertiary/aromatic N) is 4. The summed E-state index contributed by atoms with van der Waals surface area (Å²) in [6.45, 7) is 0.0151. The van der Waals surface area contributed by atoms with Crippen molar-refractivity contribution in [3.63, 3.8) is 0 Å². The Morgan fingerprint density at radius 1 is 0.706 bits per heavy atom. The second-order valence-electron chi connectivity index (χ2n) is 12.1. The Morgan fingerprint density at radius 2 is 1.16 bits per heavy atom. The molecule has 274 valence electrons. The average molecular weight is 805 g/mol. The van der Waals surface area contributed by atoms with E-state index in [1.54, 1.807) is 32.9 Å². The second-order valence-corrected chi connectivity index (χ2v) is 13.0. The molecule has 1 unspecified atom stereocenters. The van der Waals surface area contributed by atoms with E-state index in [1.807, 2.05) is 24.3 Å². The molecule has 1 atom stereocenters. The normalized spacial score (nSPS) is 16.2. The van der Waals surface area contributed by atoms with Gasteiger partial charge in [-0.25, -0.2) is 0 Å². The van der Waals surface area contributed by atoms with Crippen LogP contribution in [0, 0.1) is 0 Å². The molecule has 0 aliphatic carbocycles. The molecule has 0 aromatic heterocycles. The maximum absolute atomic E-state index is 12.9. The number of rotatable bonds is 16. The van der Waals surface area contributed by atoms with Crippen molar-refractivity contribution in [2.75, 3.05) is 78.5 Å². The molecule has 1 fully saturated rings. The van der Waals surface area contributed by atoms with Crippen molar-refractivity contribution in [3.8, 4) is 0 Å². The monoisotopic (exact) mass is 803 g/mol. The molecule has 14 nitrogen and oxygen atoms in total. The first-order valence-corrected chi connectivity index (χ1v) is 17.1. The number of hydrogen-bond donors (Lipinski definition) is 2. The molecule has 2 aromatic carbocycles. The number of amides is 1. The summed E-state index contributed by atoms with van der Waals surface area (Å²) in [7, 11) is 0. The number of halogens is 2. The van der Waals surface area contributed by atoms with Crippen LogP contribution in [0.5, 0.6) is 0 Å². The van der Waals surface area contributed by atoms with Gasteiger partial charge < -0.3 is 40.1 Å². The van der Waals surface area contributed by atoms with Crippen LogP contribution in [0.25, 0.3) is 0 Å². The fourth-order valence-electron chi connectivity index (χ4n) is 5.90. The van der Waals surface area contributed by atoms with Crippen LogP contribution >= 0.6 is 23.2 Å². The van der Waals surface area contributed by atoms with E-state index in [2.05, 4.69) is 5.32 Å². The summed E-state index contributed by atoms with van der Waals surface area (Å²) >= 11 is 12.7. The summed E-state index contributed by atoms with van der Waals surface area (Å²) in [6.07, 6.45) is 1.00. The van der Waals surface area contributed by atoms with Gasteiger partial charge in [-0.15, -0.1) is 0 Å². The molecule has 0 spiro atoms. The van der Waals surface area contributed by atoms with Crippen molar-refractivity contribution in [1.82, 2.24) is 24.9 Å². The third-order valence-electron chi connectivity index (χ3n) is 8.53. The molecule has 1 aliphatic heterocycles. The second kappa shape index (κ2) is 22.7. The molecule has 17 heteroatoms. The number of carboxylic acid groups (broad SMARTS) is 4. The number of carboxylic acids is 4. The Hall–Kier alpha value is -3.15. The molecule has 51 heavy (non-hydrogen) atoms. The minimum atomic E-state index is -1.34. The van der Waals surface area contributed by atoms with Crippen LogP contribution in [0.3, 0.4) is 0 Å². The van der Waals surface area contributed by atoms with Crippen LogP contribution in [0.2, 0.25) is 10.0 Å². The maximum Gasteiger partial charge on any atom is 3.00 e. The SMILES string of the molecule is O=C([O-])CN1CCN(CC(=O)[O-])CCN(C(CCCNC(=O)Cc2ccccc2Cc2c(Cl)cccc2Cl)C(=O)O)CCN(CC(=O)[O-])CC1.[Ga+3]. The van der Waals surface area contributed by atoms with Gasteiger partial charge in [0.15, 0.2) is 0 Å². The van der Waals surface area contributed by atoms with Gasteiger partial charge in [-0.2, -0.15) is 0 Å². The number of carbonyl (C=O) groups is 5. The fraction of sp³-hybridized carbons (Fsp3) is 0.500. The first kappa shape index (κ1) is 44.0. The van der Waals surface area contributed by atoms with Crippen LogP contribution < -0.4 is 20.6 Å². The minimum Gasteiger partial charge on any atom is -0.549 e. The summed E-state index contributed by atoms with van der Waals surface area (Å²) < 4.78 is 0. The Labute approximate surface area is 320 Å². The topological polar surface area (TPSA) is 200 Å². The van der Waals surface area contributed by atoms with E-state index in [9.17, 15) is 44.4 Å². The zero-order valence-corrected chi connectivity index (χ0v) is 32.2. The summed E-state index contributed by atoms with van der Waals surface area (Å²) in [6, 6.07) is 11.7. The van der Waals surface area contributed by atoms with Crippen molar-refractivity contribution < 1.29 is 44.4 Å². The zero-order chi connectivity index (χ0) is 36.6. The van der Waals surface area contributed by atoms with Crippen LogP contribution in [-0.4, -0.2) is 159 Å². The molecular weight excluding hydrogens is 763 g/mol. The smallest absolute Gasteiger partial charge is 0.549 e. The van der Waals surface area contributed by atoms with Crippen molar-refractivity contribution in [2.24, 2.45) is 0 Å². The molecule has 0 saturated carbocycles. The number of aliphatic carboxylic acids is 4. The van der Waals surface area contributed by atoms with Crippen LogP contribution in [0.4, 0.5) is 0 Å². The van der Waals surface area contributed by atoms with Crippen molar-refractivity contribution in [2.45, 2.75) is 31.7 Å². The van der Waals surface area contributed by atoms with Gasteiger partial charge in [0, 0.05) is 95.0 Å². The molecular formula is C34H42Cl2GaN5O9. The predicted molar refractivity (Wildman–Crippen MR) is 185 cm³/mol. The number of nitrogens with one attached hydrogen (secondary N) is 1. The number of benzene rings is 2. The third-order valence-corrected chi connectivity index (χ3v) is 9.24. The Bertz CT molecular complexity index is 1440. The summed E-state index contributed by atoms with van der Waals surface area (Å²) in [5, 5.41) is 48.3. The first-order valence-electron chi connectivity index (χ1n) is 16.3. The van der Waals surface area contributed by atoms with E-state index in [0.29, 0.717) is 22.9 Å². The van der Waals surface area contributed by atoms with Gasteiger partial charge in [0.25, 0.3) is 0 Å². The summed E-state index contributed by atoms with van der Waals surface area (Å²) in [4.78, 5) is 65.9. The molecule has 2 aromatic rings. The first-order chi connectivity index (χ1) is 23.8. The van der Waals surface area contributed by atoms with Crippen LogP contribution in [0.15, 0.2) is 42.5 Å². The summed E-state index contributed by atoms with van der Waals surface area (Å²) in [5.41, 5.74) is 2.45. The molecule has 2 N–H and O–H groups in total. The fourth-order valence-corrected chi connectivity index (χ4v) is 6.43. The van der Waals surface area contributed by atoms with E-state index in [0.717, 1.165) is 16.7 Å². The summed E-state index contributed by atoms with van der Waals surface area (Å²) in [5.74, 6) is -5.37. The van der Waals surface area contributed by atoms with Gasteiger partial charge in [-0.1, -0.05) is 53.5 Å². The molecule has 1 heterocycles. The van der Waals surface area contributed by atoms with Gasteiger partial charge in [0.1, 0.15) is 6.04 Å². The Morgan fingerprint density at radius 3 is 1.61 bits per heavy atom. The van der Waals surface area contributed by atoms with Gasteiger partial charge in [-0.05, 0) is 41.7 Å². The number of carbonyl (C=O) groups excluding carboxylic acids is 4. The largest absolute Gasteiger partial charge is 3.00 e. The van der Waals surface area contributed by atoms with Crippen molar-refractivity contribution in [3.05, 3.63) is 69.2 Å². The van der Waals surface area contributed by atoms with Crippen LogP contribution in [-0.2, 0) is 36.8 Å². The van der Waals surface area contributed by atoms with Gasteiger partial charge in [0.05, 0.1) is 24.3 Å². The van der Waals surface area contributed by atoms with Crippen molar-refractivity contribution >= 4 is 72.8 Å². The molecule has 1 amide bonds. The minimum absolute atomic E-state index is 0. The van der Waals surface area contributed by atoms with Gasteiger partial charge in [-0.3, -0.25) is 29.2 Å². The van der Waals surface area contributed by atoms with Gasteiger partial charge in [0.2, 0.25) is 5.91 Å². The van der Waals surface area contributed by atoms with Gasteiger partial charge >= 0.3 is 25.8 Å². The average Bonchev–Trinajstić information content (AvgIpc) is 3.03. The Balaban J connectivity index is 0.00000901.